The van der Waals surface area contributed by atoms with Crippen molar-refractivity contribution in [3.8, 4) is 0 Å². The van der Waals surface area contributed by atoms with Gasteiger partial charge >= 0.3 is 0 Å². The molecule has 3 fully saturated rings. The van der Waals surface area contributed by atoms with Gasteiger partial charge in [0.2, 0.25) is 35.4 Å². The van der Waals surface area contributed by atoms with E-state index < -0.39 is 0 Å². The predicted octanol–water partition coefficient (Wildman–Crippen LogP) is 20.7. The lowest BCUT2D eigenvalue weighted by Gasteiger charge is -2.31. The number of nitrogens with one attached hydrogen (secondary N) is 6. The Bertz CT molecular complexity index is 2100. The number of amides is 6. The molecular weight excluding hydrogens is 1160 g/mol. The van der Waals surface area contributed by atoms with Crippen molar-refractivity contribution in [1.29, 1.82) is 0 Å². The number of rotatable bonds is 29. The van der Waals surface area contributed by atoms with Crippen molar-refractivity contribution in [2.75, 3.05) is 0 Å². The molecule has 3 aliphatic rings. The van der Waals surface area contributed by atoms with E-state index in [1.165, 1.54) is 57.8 Å². The van der Waals surface area contributed by atoms with E-state index >= 15 is 0 Å². The van der Waals surface area contributed by atoms with E-state index in [2.05, 4.69) is 156 Å². The van der Waals surface area contributed by atoms with E-state index in [0.29, 0.717) is 5.92 Å². The Morgan fingerprint density at radius 2 is 0.638 bits per heavy atom. The van der Waals surface area contributed by atoms with Gasteiger partial charge in [0.05, 0.1) is 0 Å². The molecule has 3 rings (SSSR count). The second-order valence-corrected chi connectivity index (χ2v) is 36.6. The van der Waals surface area contributed by atoms with Gasteiger partial charge in [0.25, 0.3) is 0 Å². The van der Waals surface area contributed by atoms with Crippen molar-refractivity contribution in [3.05, 3.63) is 24.8 Å². The highest BCUT2D eigenvalue weighted by molar-refractivity contribution is 5.81. The highest BCUT2D eigenvalue weighted by atomic mass is 16.2. The summed E-state index contributed by atoms with van der Waals surface area (Å²) in [6, 6.07) is 0. The minimum atomic E-state index is -0.141. The smallest absolute Gasteiger partial charge is 0.223 e. The molecule has 6 unspecified atom stereocenters. The summed E-state index contributed by atoms with van der Waals surface area (Å²) in [6.45, 7) is 67.7. The van der Waals surface area contributed by atoms with Gasteiger partial charge in [0, 0.05) is 68.7 Å². The fraction of sp³-hybridized carbons (Fsp3) is 0.878. The molecule has 0 saturated heterocycles. The fourth-order valence-corrected chi connectivity index (χ4v) is 12.0. The summed E-state index contributed by atoms with van der Waals surface area (Å²) < 4.78 is 0. The summed E-state index contributed by atoms with van der Waals surface area (Å²) in [5, 5.41) is 18.5. The monoisotopic (exact) mass is 1330 g/mol. The zero-order valence-electron chi connectivity index (χ0n) is 67.6. The molecule has 0 radical (unpaired) electrons. The minimum Gasteiger partial charge on any atom is -0.351 e. The predicted molar refractivity (Wildman–Crippen MR) is 407 cm³/mol. The first-order valence-electron chi connectivity index (χ1n) is 38.0. The van der Waals surface area contributed by atoms with Gasteiger partial charge in [-0.3, -0.25) is 28.8 Å². The second kappa shape index (κ2) is 46.6. The molecule has 0 spiro atoms. The molecular formula is C82H160N6O6. The Morgan fingerprint density at radius 3 is 0.872 bits per heavy atom. The fourth-order valence-electron chi connectivity index (χ4n) is 12.0. The van der Waals surface area contributed by atoms with E-state index in [0.717, 1.165) is 132 Å². The lowest BCUT2D eigenvalue weighted by atomic mass is 9.77. The summed E-state index contributed by atoms with van der Waals surface area (Å²) in [7, 11) is 0. The highest BCUT2D eigenvalue weighted by Crippen LogP contribution is 2.37. The molecule has 6 N–H and O–H groups in total. The molecule has 6 atom stereocenters. The number of carbonyl (C=O) groups excluding carboxylic acids is 6. The molecule has 0 aromatic rings. The topological polar surface area (TPSA) is 175 Å². The third-order valence-electron chi connectivity index (χ3n) is 16.6. The van der Waals surface area contributed by atoms with Crippen LogP contribution in [0.5, 0.6) is 0 Å². The van der Waals surface area contributed by atoms with Crippen molar-refractivity contribution >= 4 is 35.4 Å². The summed E-state index contributed by atoms with van der Waals surface area (Å²) in [5.74, 6) is 5.26. The van der Waals surface area contributed by atoms with Gasteiger partial charge < -0.3 is 31.9 Å². The third-order valence-corrected chi connectivity index (χ3v) is 16.6. The molecule has 0 heterocycles. The van der Waals surface area contributed by atoms with E-state index in [1.54, 1.807) is 0 Å². The number of allylic oxidation sites excluding steroid dienone is 2. The zero-order valence-corrected chi connectivity index (χ0v) is 67.6. The van der Waals surface area contributed by atoms with Gasteiger partial charge in [-0.25, -0.2) is 0 Å². The van der Waals surface area contributed by atoms with Crippen LogP contribution in [-0.2, 0) is 28.8 Å². The lowest BCUT2D eigenvalue weighted by Crippen LogP contribution is -2.45. The lowest BCUT2D eigenvalue weighted by molar-refractivity contribution is -0.128. The Labute approximate surface area is 583 Å². The number of carbonyl (C=O) groups is 6. The van der Waals surface area contributed by atoms with Crippen LogP contribution in [-0.4, -0.2) is 68.7 Å². The van der Waals surface area contributed by atoms with E-state index in [1.807, 2.05) is 96.1 Å². The standard InChI is InChI=1S/C15H29NO.C14H27NO.C14H29NO.3C13H25NO/c1-5-8-13(11-12-9-6-7-10-12)14(17)16-15(2,3)4;1-5-7-12(10-11-8-6-9-11)13(16)15-14(2,3)4;1-8-9-11(10-13(2,3)4)12(16)15-14(5,6)7;1-5-6-11(9-10-7-8-10)12(15)14-13(2,3)4;1-7-8-11(9-10(2)3)12(15)14-13(4,5)6;1-7-8-9-11(10(2)3)12(15)14-13(4,5)6/h12-13H,5-11H2,1-4H3,(H,16,17);11-12H,5-10H2,1-4H3,(H,15,16);11H,8-10H2,1-7H3,(H,15,16);10-11H,5-9H2,1-4H3,(H,14,15);11H,2,7-9H2,1,3-6H3,(H,14,15);7,10-11H,1,8-9H2,2-6H3,(H,14,15). The van der Waals surface area contributed by atoms with Gasteiger partial charge in [0.15, 0.2) is 0 Å². The van der Waals surface area contributed by atoms with Crippen molar-refractivity contribution in [1.82, 2.24) is 31.9 Å². The first-order valence-corrected chi connectivity index (χ1v) is 38.0. The minimum absolute atomic E-state index is 0.0896. The quantitative estimate of drug-likeness (QED) is 0.0407. The average molecular weight is 1330 g/mol. The van der Waals surface area contributed by atoms with Crippen molar-refractivity contribution in [2.45, 2.75) is 401 Å². The molecule has 12 heteroatoms. The molecule has 3 saturated carbocycles. The Kier molecular flexibility index (Phi) is 46.8. The Morgan fingerprint density at radius 1 is 0.383 bits per heavy atom. The number of hydrogen-bond donors (Lipinski definition) is 6. The normalized spacial score (nSPS) is 16.5. The van der Waals surface area contributed by atoms with Crippen molar-refractivity contribution in [3.63, 3.8) is 0 Å². The Hall–Kier alpha value is -3.70. The van der Waals surface area contributed by atoms with Gasteiger partial charge in [-0.1, -0.05) is 171 Å². The molecule has 0 aromatic carbocycles. The third kappa shape index (κ3) is 55.3. The maximum Gasteiger partial charge on any atom is 0.223 e. The summed E-state index contributed by atoms with van der Waals surface area (Å²) in [5.41, 5.74) is 0.609. The van der Waals surface area contributed by atoms with Crippen LogP contribution in [0.15, 0.2) is 24.8 Å². The van der Waals surface area contributed by atoms with Crippen LogP contribution in [0, 0.1) is 64.6 Å². The maximum absolute atomic E-state index is 12.2. The highest BCUT2D eigenvalue weighted by Gasteiger charge is 2.33. The molecule has 94 heavy (non-hydrogen) atoms. The van der Waals surface area contributed by atoms with E-state index in [9.17, 15) is 28.8 Å². The first kappa shape index (κ1) is 94.5. The molecule has 0 bridgehead atoms. The molecule has 0 aliphatic heterocycles. The number of hydrogen-bond acceptors (Lipinski definition) is 6. The average Bonchev–Trinajstić information content (AvgIpc) is 1.38. The summed E-state index contributed by atoms with van der Waals surface area (Å²) in [6.07, 6.45) is 31.3. The Balaban J connectivity index is -0.00000106. The van der Waals surface area contributed by atoms with Crippen LogP contribution < -0.4 is 31.9 Å². The van der Waals surface area contributed by atoms with Crippen molar-refractivity contribution in [2.24, 2.45) is 64.6 Å². The van der Waals surface area contributed by atoms with E-state index in [-0.39, 0.29) is 110 Å². The molecule has 12 nitrogen and oxygen atoms in total. The summed E-state index contributed by atoms with van der Waals surface area (Å²) >= 11 is 0. The van der Waals surface area contributed by atoms with Crippen LogP contribution in [0.3, 0.4) is 0 Å². The first-order chi connectivity index (χ1) is 42.8. The molecule has 3 aliphatic carbocycles. The van der Waals surface area contributed by atoms with Crippen LogP contribution in [0.25, 0.3) is 0 Å². The molecule has 6 amide bonds. The van der Waals surface area contributed by atoms with Crippen molar-refractivity contribution < 1.29 is 28.8 Å². The van der Waals surface area contributed by atoms with Gasteiger partial charge in [-0.15, -0.1) is 13.2 Å². The van der Waals surface area contributed by atoms with E-state index in [4.69, 9.17) is 0 Å². The zero-order chi connectivity index (χ0) is 73.6. The SMILES string of the molecule is C=C(C)CC(CCC)C(=O)NC(C)(C)C.C=CCCC(C(=O)NC(C)(C)C)C(C)C.CCCC(CC(C)(C)C)C(=O)NC(C)(C)C.CCCC(CC1CC1)C(=O)NC(C)(C)C.CCCC(CC1CCC1)C(=O)NC(C)(C)C.CCCC(CC1CCCC1)C(=O)NC(C)(C)C. The van der Waals surface area contributed by atoms with Gasteiger partial charge in [-0.05, 0) is 238 Å². The molecule has 554 valence electrons. The largest absolute Gasteiger partial charge is 0.351 e. The maximum atomic E-state index is 12.2. The van der Waals surface area contributed by atoms with Crippen LogP contribution >= 0.6 is 0 Å². The van der Waals surface area contributed by atoms with Gasteiger partial charge in [-0.2, -0.15) is 0 Å². The van der Waals surface area contributed by atoms with Crippen LogP contribution in [0.4, 0.5) is 0 Å². The summed E-state index contributed by atoms with van der Waals surface area (Å²) in [4.78, 5) is 72.3. The molecule has 0 aromatic heterocycles. The van der Waals surface area contributed by atoms with Crippen LogP contribution in [0.2, 0.25) is 0 Å². The van der Waals surface area contributed by atoms with Crippen LogP contribution in [0.1, 0.15) is 368 Å². The second-order valence-electron chi connectivity index (χ2n) is 36.6. The van der Waals surface area contributed by atoms with Gasteiger partial charge in [0.1, 0.15) is 0 Å².